The fourth-order valence-corrected chi connectivity index (χ4v) is 5.27. The summed E-state index contributed by atoms with van der Waals surface area (Å²) in [5, 5.41) is 0.795. The van der Waals surface area contributed by atoms with E-state index < -0.39 is 22.5 Å². The number of rotatable bonds is 2. The van der Waals surface area contributed by atoms with Crippen molar-refractivity contribution in [1.29, 1.82) is 0 Å². The number of hydrogen-bond donors (Lipinski definition) is 1. The highest BCUT2D eigenvalue weighted by Crippen LogP contribution is 2.46. The average molecular weight is 330 g/mol. The van der Waals surface area contributed by atoms with Gasteiger partial charge in [-0.25, -0.2) is 4.79 Å². The number of nitrogens with zero attached hydrogens (tertiary/aromatic N) is 2. The van der Waals surface area contributed by atoms with Crippen molar-refractivity contribution < 1.29 is 22.0 Å². The van der Waals surface area contributed by atoms with Gasteiger partial charge in [-0.15, -0.1) is 15.6 Å². The molecule has 0 radical (unpaired) electrons. The number of hydrogen-bond acceptors (Lipinski definition) is 5. The zero-order valence-electron chi connectivity index (χ0n) is 11.1. The first-order chi connectivity index (χ1) is 9.94. The van der Waals surface area contributed by atoms with Crippen molar-refractivity contribution >= 4 is 27.8 Å². The Labute approximate surface area is 126 Å². The van der Waals surface area contributed by atoms with Crippen molar-refractivity contribution in [2.75, 3.05) is 6.54 Å². The highest BCUT2D eigenvalue weighted by atomic mass is 32.3. The standard InChI is InChI=1S/C12H14N2O5S2/c15-12-13-5-8-7-3-1-2-4-10(7)20-11(8)9(6-13)14(12)19-21(16,17)18/h9H,1-6H2,(H,16,17,18). The molecule has 7 nitrogen and oxygen atoms in total. The molecule has 0 saturated carbocycles. The second kappa shape index (κ2) is 4.42. The molecule has 2 amide bonds. The lowest BCUT2D eigenvalue weighted by molar-refractivity contribution is -0.0307. The molecule has 2 aliphatic heterocycles. The van der Waals surface area contributed by atoms with E-state index in [-0.39, 0.29) is 0 Å². The van der Waals surface area contributed by atoms with Crippen LogP contribution in [0.3, 0.4) is 0 Å². The molecule has 2 bridgehead atoms. The van der Waals surface area contributed by atoms with Crippen LogP contribution in [0.2, 0.25) is 0 Å². The van der Waals surface area contributed by atoms with Gasteiger partial charge in [0, 0.05) is 16.3 Å². The van der Waals surface area contributed by atoms with Gasteiger partial charge in [-0.05, 0) is 36.8 Å². The first-order valence-electron chi connectivity index (χ1n) is 6.82. The van der Waals surface area contributed by atoms with E-state index in [9.17, 15) is 13.2 Å². The maximum atomic E-state index is 12.2. The number of carbonyl (C=O) groups excluding carboxylic acids is 1. The van der Waals surface area contributed by atoms with Gasteiger partial charge in [0.05, 0.1) is 6.54 Å². The van der Waals surface area contributed by atoms with Crippen molar-refractivity contribution in [2.24, 2.45) is 0 Å². The van der Waals surface area contributed by atoms with Crippen LogP contribution in [0, 0.1) is 0 Å². The molecule has 1 saturated heterocycles. The molecular formula is C12H14N2O5S2. The number of fused-ring (bicyclic) bond motifs is 6. The van der Waals surface area contributed by atoms with Crippen LogP contribution in [0.1, 0.15) is 39.8 Å². The lowest BCUT2D eigenvalue weighted by Gasteiger charge is -2.22. The minimum absolute atomic E-state index is 0.404. The van der Waals surface area contributed by atoms with Gasteiger partial charge < -0.3 is 4.90 Å². The topological polar surface area (TPSA) is 87.2 Å². The summed E-state index contributed by atoms with van der Waals surface area (Å²) in [6.45, 7) is 0.905. The molecule has 9 heteroatoms. The molecule has 3 aliphatic rings. The zero-order valence-corrected chi connectivity index (χ0v) is 12.7. The third-order valence-corrected chi connectivity index (χ3v) is 6.06. The van der Waals surface area contributed by atoms with E-state index in [2.05, 4.69) is 4.28 Å². The quantitative estimate of drug-likeness (QED) is 0.833. The molecule has 1 atom stereocenters. The van der Waals surface area contributed by atoms with Crippen molar-refractivity contribution in [3.05, 3.63) is 20.9 Å². The predicted molar refractivity (Wildman–Crippen MR) is 74.0 cm³/mol. The van der Waals surface area contributed by atoms with E-state index >= 15 is 0 Å². The molecule has 4 rings (SSSR count). The summed E-state index contributed by atoms with van der Waals surface area (Å²) in [5.41, 5.74) is 2.48. The first-order valence-corrected chi connectivity index (χ1v) is 9.00. The van der Waals surface area contributed by atoms with Gasteiger partial charge in [0.2, 0.25) is 0 Å². The smallest absolute Gasteiger partial charge is 0.316 e. The molecule has 0 spiro atoms. The number of aryl methyl sites for hydroxylation is 1. The van der Waals surface area contributed by atoms with Gasteiger partial charge in [0.1, 0.15) is 6.04 Å². The summed E-state index contributed by atoms with van der Waals surface area (Å²) in [5.74, 6) is 0. The molecule has 1 aromatic rings. The lowest BCUT2D eigenvalue weighted by atomic mass is 9.92. The second-order valence-electron chi connectivity index (χ2n) is 5.56. The van der Waals surface area contributed by atoms with Crippen LogP contribution >= 0.6 is 11.3 Å². The Morgan fingerprint density at radius 1 is 1.24 bits per heavy atom. The van der Waals surface area contributed by atoms with Crippen molar-refractivity contribution in [1.82, 2.24) is 9.96 Å². The van der Waals surface area contributed by atoms with Gasteiger partial charge in [0.15, 0.2) is 0 Å². The summed E-state index contributed by atoms with van der Waals surface area (Å²) in [4.78, 5) is 16.1. The minimum Gasteiger partial charge on any atom is -0.316 e. The van der Waals surface area contributed by atoms with Crippen LogP contribution in [0.5, 0.6) is 0 Å². The number of thiophene rings is 1. The number of urea groups is 1. The number of carbonyl (C=O) groups is 1. The van der Waals surface area contributed by atoms with E-state index in [4.69, 9.17) is 4.55 Å². The van der Waals surface area contributed by atoms with E-state index in [1.807, 2.05) is 0 Å². The Morgan fingerprint density at radius 3 is 2.76 bits per heavy atom. The number of amides is 2. The van der Waals surface area contributed by atoms with Crippen LogP contribution < -0.4 is 0 Å². The van der Waals surface area contributed by atoms with E-state index in [1.165, 1.54) is 16.9 Å². The van der Waals surface area contributed by atoms with E-state index in [1.54, 1.807) is 16.2 Å². The van der Waals surface area contributed by atoms with Crippen molar-refractivity contribution in [3.63, 3.8) is 0 Å². The summed E-state index contributed by atoms with van der Waals surface area (Å²) in [6, 6.07) is -0.954. The maximum Gasteiger partial charge on any atom is 0.418 e. The van der Waals surface area contributed by atoms with Gasteiger partial charge in [-0.1, -0.05) is 0 Å². The number of hydroxylamine groups is 2. The molecule has 1 aliphatic carbocycles. The summed E-state index contributed by atoms with van der Waals surface area (Å²) >= 11 is 1.65. The normalized spacial score (nSPS) is 24.2. The van der Waals surface area contributed by atoms with Gasteiger partial charge in [-0.2, -0.15) is 13.5 Å². The van der Waals surface area contributed by atoms with Crippen LogP contribution in [0.15, 0.2) is 0 Å². The fraction of sp³-hybridized carbons (Fsp3) is 0.583. The maximum absolute atomic E-state index is 12.2. The Morgan fingerprint density at radius 2 is 2.00 bits per heavy atom. The molecule has 114 valence electrons. The summed E-state index contributed by atoms with van der Waals surface area (Å²) in [6.07, 6.45) is 4.40. The Bertz CT molecular complexity index is 726. The Hall–Kier alpha value is -1.16. The molecule has 21 heavy (non-hydrogen) atoms. The van der Waals surface area contributed by atoms with Crippen molar-refractivity contribution in [3.8, 4) is 0 Å². The monoisotopic (exact) mass is 330 g/mol. The molecule has 1 fully saturated rings. The highest BCUT2D eigenvalue weighted by molar-refractivity contribution is 7.80. The van der Waals surface area contributed by atoms with Crippen molar-refractivity contribution in [2.45, 2.75) is 38.3 Å². The molecular weight excluding hydrogens is 316 g/mol. The third kappa shape index (κ3) is 2.07. The lowest BCUT2D eigenvalue weighted by Crippen LogP contribution is -2.32. The Balaban J connectivity index is 1.77. The Kier molecular flexibility index (Phi) is 2.84. The average Bonchev–Trinajstić information content (AvgIpc) is 2.91. The van der Waals surface area contributed by atoms with Gasteiger partial charge >= 0.3 is 16.4 Å². The summed E-state index contributed by atoms with van der Waals surface area (Å²) in [7, 11) is -4.70. The first kappa shape index (κ1) is 13.5. The molecule has 1 unspecified atom stereocenters. The van der Waals surface area contributed by atoms with E-state index in [0.717, 1.165) is 34.8 Å². The molecule has 1 N–H and O–H groups in total. The van der Waals surface area contributed by atoms with Gasteiger partial charge in [-0.3, -0.25) is 4.55 Å². The molecule has 1 aromatic heterocycles. The van der Waals surface area contributed by atoms with Crippen LogP contribution in [-0.4, -0.2) is 35.5 Å². The molecule has 0 aromatic carbocycles. The van der Waals surface area contributed by atoms with Crippen LogP contribution in [-0.2, 0) is 34.1 Å². The predicted octanol–water partition coefficient (Wildman–Crippen LogP) is 1.65. The fourth-order valence-electron chi connectivity index (χ4n) is 3.43. The zero-order chi connectivity index (χ0) is 14.8. The highest BCUT2D eigenvalue weighted by Gasteiger charge is 2.48. The van der Waals surface area contributed by atoms with Crippen LogP contribution in [0.25, 0.3) is 0 Å². The largest absolute Gasteiger partial charge is 0.418 e. The third-order valence-electron chi connectivity index (χ3n) is 4.27. The SMILES string of the molecule is O=C1N2Cc3c(sc4c3CCCC4)C(C2)N1OS(=O)(=O)O. The molecule has 3 heterocycles. The van der Waals surface area contributed by atoms with Gasteiger partial charge in [0.25, 0.3) is 0 Å². The summed E-state index contributed by atoms with van der Waals surface area (Å²) < 4.78 is 35.3. The van der Waals surface area contributed by atoms with E-state index in [0.29, 0.717) is 13.1 Å². The van der Waals surface area contributed by atoms with Crippen LogP contribution in [0.4, 0.5) is 4.79 Å². The minimum atomic E-state index is -4.70. The second-order valence-corrected chi connectivity index (χ2v) is 7.70.